The van der Waals surface area contributed by atoms with Crippen LogP contribution < -0.4 is 4.74 Å². The largest absolute Gasteiger partial charge is 0.426 e. The van der Waals surface area contributed by atoms with Crippen LogP contribution in [-0.2, 0) is 16.1 Å². The molecule has 134 valence electrons. The van der Waals surface area contributed by atoms with E-state index >= 15 is 0 Å². The van der Waals surface area contributed by atoms with Crippen LogP contribution in [0.4, 0.5) is 0 Å². The highest BCUT2D eigenvalue weighted by molar-refractivity contribution is 5.70. The van der Waals surface area contributed by atoms with Crippen molar-refractivity contribution in [1.29, 1.82) is 0 Å². The normalized spacial score (nSPS) is 17.1. The van der Waals surface area contributed by atoms with Crippen LogP contribution in [-0.4, -0.2) is 61.7 Å². The van der Waals surface area contributed by atoms with Gasteiger partial charge in [0.15, 0.2) is 0 Å². The molecule has 1 aliphatic rings. The fraction of sp³-hybridized carbons (Fsp3) is 0.632. The molecule has 1 saturated heterocycles. The standard InChI is InChI=1S/C19H30N2O3/c1-14-10-18(11-15(2)19(14)24-17(4)22)13-20(5)12-16(3)21-6-8-23-9-7-21/h10-11,16H,6-9,12-13H2,1-5H3/t16-/m0/s1. The smallest absolute Gasteiger partial charge is 0.308 e. The van der Waals surface area contributed by atoms with E-state index in [0.717, 1.165) is 50.5 Å². The molecule has 0 N–H and O–H groups in total. The summed E-state index contributed by atoms with van der Waals surface area (Å²) in [6.45, 7) is 13.3. The monoisotopic (exact) mass is 334 g/mol. The summed E-state index contributed by atoms with van der Waals surface area (Å²) in [7, 11) is 2.15. The topological polar surface area (TPSA) is 42.0 Å². The number of ether oxygens (including phenoxy) is 2. The fourth-order valence-electron chi connectivity index (χ4n) is 3.40. The van der Waals surface area contributed by atoms with E-state index in [-0.39, 0.29) is 5.97 Å². The zero-order chi connectivity index (χ0) is 17.7. The van der Waals surface area contributed by atoms with Crippen molar-refractivity contribution in [1.82, 2.24) is 9.80 Å². The number of benzene rings is 1. The highest BCUT2D eigenvalue weighted by Crippen LogP contribution is 2.25. The van der Waals surface area contributed by atoms with Gasteiger partial charge in [0.25, 0.3) is 0 Å². The molecular weight excluding hydrogens is 304 g/mol. The lowest BCUT2D eigenvalue weighted by molar-refractivity contribution is -0.131. The molecule has 1 heterocycles. The van der Waals surface area contributed by atoms with Gasteiger partial charge >= 0.3 is 5.97 Å². The first-order chi connectivity index (χ1) is 11.4. The van der Waals surface area contributed by atoms with Gasteiger partial charge in [-0.1, -0.05) is 12.1 Å². The zero-order valence-electron chi connectivity index (χ0n) is 15.6. The lowest BCUT2D eigenvalue weighted by Crippen LogP contribution is -2.46. The number of likely N-dealkylation sites (N-methyl/N-ethyl adjacent to an activating group) is 1. The van der Waals surface area contributed by atoms with Crippen molar-refractivity contribution >= 4 is 5.97 Å². The molecule has 1 aromatic rings. The molecule has 1 fully saturated rings. The maximum Gasteiger partial charge on any atom is 0.308 e. The van der Waals surface area contributed by atoms with Crippen LogP contribution in [0.1, 0.15) is 30.5 Å². The number of rotatable bonds is 6. The van der Waals surface area contributed by atoms with Crippen molar-refractivity contribution in [3.63, 3.8) is 0 Å². The Morgan fingerprint density at radius 1 is 1.29 bits per heavy atom. The van der Waals surface area contributed by atoms with Crippen molar-refractivity contribution in [3.8, 4) is 5.75 Å². The van der Waals surface area contributed by atoms with Crippen molar-refractivity contribution in [2.45, 2.75) is 40.3 Å². The Morgan fingerprint density at radius 2 is 1.88 bits per heavy atom. The molecule has 0 spiro atoms. The number of aryl methyl sites for hydroxylation is 2. The van der Waals surface area contributed by atoms with Crippen LogP contribution in [0.3, 0.4) is 0 Å². The number of morpholine rings is 1. The number of esters is 1. The molecule has 0 aliphatic carbocycles. The first-order valence-corrected chi connectivity index (χ1v) is 8.65. The van der Waals surface area contributed by atoms with Gasteiger partial charge in [-0.2, -0.15) is 0 Å². The molecule has 0 bridgehead atoms. The van der Waals surface area contributed by atoms with Crippen LogP contribution >= 0.6 is 0 Å². The Labute approximate surface area is 145 Å². The summed E-state index contributed by atoms with van der Waals surface area (Å²) in [6.07, 6.45) is 0. The van der Waals surface area contributed by atoms with E-state index < -0.39 is 0 Å². The SMILES string of the molecule is CC(=O)Oc1c(C)cc(CN(C)C[C@H](C)N2CCOCC2)cc1C. The highest BCUT2D eigenvalue weighted by Gasteiger charge is 2.18. The summed E-state index contributed by atoms with van der Waals surface area (Å²) >= 11 is 0. The Hall–Kier alpha value is -1.43. The lowest BCUT2D eigenvalue weighted by atomic mass is 10.0. The molecule has 5 heteroatoms. The molecule has 24 heavy (non-hydrogen) atoms. The molecule has 0 saturated carbocycles. The molecule has 1 aliphatic heterocycles. The van der Waals surface area contributed by atoms with Crippen molar-refractivity contribution in [2.24, 2.45) is 0 Å². The predicted molar refractivity (Wildman–Crippen MR) is 95.4 cm³/mol. The van der Waals surface area contributed by atoms with E-state index in [1.165, 1.54) is 12.5 Å². The molecule has 1 atom stereocenters. The van der Waals surface area contributed by atoms with E-state index in [2.05, 4.69) is 35.9 Å². The van der Waals surface area contributed by atoms with E-state index in [4.69, 9.17) is 9.47 Å². The summed E-state index contributed by atoms with van der Waals surface area (Å²) in [4.78, 5) is 16.0. The molecule has 2 rings (SSSR count). The molecule has 0 unspecified atom stereocenters. The van der Waals surface area contributed by atoms with Gasteiger partial charge in [-0.05, 0) is 44.5 Å². The average molecular weight is 334 g/mol. The van der Waals surface area contributed by atoms with Gasteiger partial charge in [-0.3, -0.25) is 9.69 Å². The maximum atomic E-state index is 11.2. The van der Waals surface area contributed by atoms with Crippen molar-refractivity contribution in [3.05, 3.63) is 28.8 Å². The quantitative estimate of drug-likeness (QED) is 0.590. The van der Waals surface area contributed by atoms with E-state index in [9.17, 15) is 4.79 Å². The highest BCUT2D eigenvalue weighted by atomic mass is 16.5. The van der Waals surface area contributed by atoms with Gasteiger partial charge in [0.1, 0.15) is 5.75 Å². The fourth-order valence-corrected chi connectivity index (χ4v) is 3.40. The zero-order valence-corrected chi connectivity index (χ0v) is 15.6. The van der Waals surface area contributed by atoms with E-state index in [0.29, 0.717) is 11.8 Å². The Kier molecular flexibility index (Phi) is 6.78. The van der Waals surface area contributed by atoms with Crippen molar-refractivity contribution in [2.75, 3.05) is 39.9 Å². The van der Waals surface area contributed by atoms with Gasteiger partial charge in [-0.15, -0.1) is 0 Å². The number of carbonyl (C=O) groups excluding carboxylic acids is 1. The number of hydrogen-bond acceptors (Lipinski definition) is 5. The minimum atomic E-state index is -0.273. The van der Waals surface area contributed by atoms with Crippen molar-refractivity contribution < 1.29 is 14.3 Å². The Bertz CT molecular complexity index is 545. The first-order valence-electron chi connectivity index (χ1n) is 8.65. The Morgan fingerprint density at radius 3 is 2.42 bits per heavy atom. The summed E-state index contributed by atoms with van der Waals surface area (Å²) in [5.74, 6) is 0.418. The number of hydrogen-bond donors (Lipinski definition) is 0. The average Bonchev–Trinajstić information content (AvgIpc) is 2.51. The Balaban J connectivity index is 1.95. The third kappa shape index (κ3) is 5.30. The van der Waals surface area contributed by atoms with E-state index in [1.54, 1.807) is 0 Å². The molecule has 0 aromatic heterocycles. The van der Waals surface area contributed by atoms with Crippen LogP contribution in [0, 0.1) is 13.8 Å². The summed E-state index contributed by atoms with van der Waals surface area (Å²) in [5, 5.41) is 0. The summed E-state index contributed by atoms with van der Waals surface area (Å²) in [5.41, 5.74) is 3.27. The molecular formula is C19H30N2O3. The van der Waals surface area contributed by atoms with Gasteiger partial charge < -0.3 is 14.4 Å². The van der Waals surface area contributed by atoms with E-state index in [1.807, 2.05) is 13.8 Å². The maximum absolute atomic E-state index is 11.2. The minimum Gasteiger partial charge on any atom is -0.426 e. The second-order valence-corrected chi connectivity index (χ2v) is 6.85. The second kappa shape index (κ2) is 8.60. The summed E-state index contributed by atoms with van der Waals surface area (Å²) in [6, 6.07) is 4.74. The van der Waals surface area contributed by atoms with Gasteiger partial charge in [-0.25, -0.2) is 0 Å². The minimum absolute atomic E-state index is 0.273. The molecule has 5 nitrogen and oxygen atoms in total. The predicted octanol–water partition coefficient (Wildman–Crippen LogP) is 2.38. The second-order valence-electron chi connectivity index (χ2n) is 6.85. The molecule has 0 amide bonds. The summed E-state index contributed by atoms with van der Waals surface area (Å²) < 4.78 is 10.7. The van der Waals surface area contributed by atoms with Crippen LogP contribution in [0.5, 0.6) is 5.75 Å². The van der Waals surface area contributed by atoms with Gasteiger partial charge in [0, 0.05) is 39.1 Å². The lowest BCUT2D eigenvalue weighted by Gasteiger charge is -2.34. The van der Waals surface area contributed by atoms with Crippen LogP contribution in [0.25, 0.3) is 0 Å². The van der Waals surface area contributed by atoms with Gasteiger partial charge in [0.2, 0.25) is 0 Å². The van der Waals surface area contributed by atoms with Gasteiger partial charge in [0.05, 0.1) is 13.2 Å². The van der Waals surface area contributed by atoms with Crippen LogP contribution in [0.15, 0.2) is 12.1 Å². The van der Waals surface area contributed by atoms with Crippen LogP contribution in [0.2, 0.25) is 0 Å². The molecule has 0 radical (unpaired) electrons. The third-order valence-corrected chi connectivity index (χ3v) is 4.46. The third-order valence-electron chi connectivity index (χ3n) is 4.46. The number of nitrogens with zero attached hydrogens (tertiary/aromatic N) is 2. The molecule has 1 aromatic carbocycles. The first kappa shape index (κ1) is 18.9. The number of carbonyl (C=O) groups is 1.